The van der Waals surface area contributed by atoms with Crippen molar-refractivity contribution in [3.05, 3.63) is 101 Å². The molecule has 2 N–H and O–H groups in total. The Morgan fingerprint density at radius 3 is 2.06 bits per heavy atom. The minimum Gasteiger partial charge on any atom is -0.458 e. The molecule has 2 bridgehead atoms. The number of benzene rings is 2. The number of hydrogen-bond donors (Lipinski definition) is 2. The number of carbonyl (C=O) groups excluding carboxylic acids is 4. The first-order valence-corrected chi connectivity index (χ1v) is 16.9. The summed E-state index contributed by atoms with van der Waals surface area (Å²) in [6, 6.07) is 17.5. The monoisotopic (exact) mass is 686 g/mol. The molecule has 10 heteroatoms. The van der Waals surface area contributed by atoms with E-state index < -0.39 is 76.7 Å². The van der Waals surface area contributed by atoms with Crippen LogP contribution in [-0.4, -0.2) is 70.2 Å². The number of ether oxygens (including phenoxy) is 4. The molecule has 0 unspecified atom stereocenters. The lowest BCUT2D eigenvalue weighted by Crippen LogP contribution is -2.71. The van der Waals surface area contributed by atoms with Gasteiger partial charge >= 0.3 is 23.9 Å². The molecule has 0 aliphatic heterocycles. The Bertz CT molecular complexity index is 1710. The van der Waals surface area contributed by atoms with Gasteiger partial charge in [-0.3, -0.25) is 9.59 Å². The molecule has 0 amide bonds. The summed E-state index contributed by atoms with van der Waals surface area (Å²) in [6.45, 7) is 13.8. The van der Waals surface area contributed by atoms with Crippen LogP contribution < -0.4 is 0 Å². The van der Waals surface area contributed by atoms with Gasteiger partial charge in [0.15, 0.2) is 6.10 Å². The second-order valence-corrected chi connectivity index (χ2v) is 14.4. The zero-order valence-corrected chi connectivity index (χ0v) is 29.4. The van der Waals surface area contributed by atoms with Crippen LogP contribution in [0.3, 0.4) is 0 Å². The molecule has 0 saturated heterocycles. The fourth-order valence-electron chi connectivity index (χ4n) is 8.34. The quantitative estimate of drug-likeness (QED) is 0.165. The number of aliphatic hydroxyl groups excluding tert-OH is 1. The van der Waals surface area contributed by atoms with Crippen LogP contribution >= 0.6 is 0 Å². The van der Waals surface area contributed by atoms with Crippen molar-refractivity contribution in [2.24, 2.45) is 16.7 Å². The van der Waals surface area contributed by atoms with Crippen molar-refractivity contribution in [2.75, 3.05) is 0 Å². The lowest BCUT2D eigenvalue weighted by molar-refractivity contribution is -0.233. The van der Waals surface area contributed by atoms with E-state index in [4.69, 9.17) is 18.9 Å². The highest BCUT2D eigenvalue weighted by Gasteiger charge is 2.69. The van der Waals surface area contributed by atoms with E-state index in [2.05, 4.69) is 6.58 Å². The van der Waals surface area contributed by atoms with Gasteiger partial charge in [-0.15, -0.1) is 0 Å². The molecule has 2 aromatic rings. The summed E-state index contributed by atoms with van der Waals surface area (Å²) in [5.74, 6) is -3.71. The van der Waals surface area contributed by atoms with Crippen molar-refractivity contribution in [3.63, 3.8) is 0 Å². The first kappa shape index (κ1) is 36.7. The summed E-state index contributed by atoms with van der Waals surface area (Å²) < 4.78 is 24.4. The normalized spacial score (nSPS) is 31.9. The molecule has 0 spiro atoms. The first-order chi connectivity index (χ1) is 23.5. The zero-order valence-electron chi connectivity index (χ0n) is 29.4. The molecule has 0 radical (unpaired) electrons. The average molecular weight is 687 g/mol. The van der Waals surface area contributed by atoms with Gasteiger partial charge in [0, 0.05) is 43.1 Å². The van der Waals surface area contributed by atoms with E-state index in [1.807, 2.05) is 37.3 Å². The standard InChI is InChI=1S/C40H46O10/c1-23-29(43)22-40(46)35(50-37(45)28-16-12-9-13-17-28)33-24(2)30(49-31(44)19-18-27-14-10-8-11-15-27)20-21-39(33,7)36(48-26(4)42)34(47-25(3)41)32(23)38(40,5)6/h8-19,29-30,33-36,43,46H,2,20-22H2,1,3-7H3/t29-,30-,33-,34+,35-,36-,39-,40+/m0/s1. The molecule has 5 rings (SSSR count). The van der Waals surface area contributed by atoms with E-state index >= 15 is 0 Å². The van der Waals surface area contributed by atoms with Crippen LogP contribution in [0, 0.1) is 16.7 Å². The van der Waals surface area contributed by atoms with E-state index in [9.17, 15) is 29.4 Å². The maximum atomic E-state index is 13.9. The molecule has 3 aliphatic carbocycles. The van der Waals surface area contributed by atoms with Gasteiger partial charge in [-0.05, 0) is 60.3 Å². The second kappa shape index (κ2) is 14.0. The first-order valence-electron chi connectivity index (χ1n) is 16.9. The fourth-order valence-corrected chi connectivity index (χ4v) is 8.34. The van der Waals surface area contributed by atoms with Crippen molar-refractivity contribution >= 4 is 30.0 Å². The van der Waals surface area contributed by atoms with Gasteiger partial charge in [0.1, 0.15) is 23.9 Å². The highest BCUT2D eigenvalue weighted by molar-refractivity contribution is 5.89. The van der Waals surface area contributed by atoms with E-state index in [1.165, 1.54) is 19.9 Å². The number of aliphatic hydroxyl groups is 2. The molecule has 2 saturated carbocycles. The number of hydrogen-bond acceptors (Lipinski definition) is 10. The lowest BCUT2D eigenvalue weighted by Gasteiger charge is -2.62. The SMILES string of the molecule is C=C1[C@@H](OC(=O)C=Cc2ccccc2)CC[C@]2(C)[C@@H](OC(C)=O)[C@H](OC(C)=O)C3=C(C)[C@@H](O)C[C@@](O)([C@@H](OC(=O)c4ccccc4)[C@H]12)C3(C)C. The molecule has 266 valence electrons. The summed E-state index contributed by atoms with van der Waals surface area (Å²) in [6.07, 6.45) is -2.78. The third kappa shape index (κ3) is 6.66. The molecular formula is C40H46O10. The summed E-state index contributed by atoms with van der Waals surface area (Å²) in [5, 5.41) is 24.6. The maximum absolute atomic E-state index is 13.9. The Hall–Kier alpha value is -4.54. The second-order valence-electron chi connectivity index (χ2n) is 14.4. The van der Waals surface area contributed by atoms with Gasteiger partial charge < -0.3 is 29.2 Å². The van der Waals surface area contributed by atoms with E-state index in [1.54, 1.807) is 57.2 Å². The molecule has 0 heterocycles. The van der Waals surface area contributed by atoms with E-state index in [0.29, 0.717) is 16.7 Å². The van der Waals surface area contributed by atoms with Gasteiger partial charge in [-0.25, -0.2) is 9.59 Å². The number of fused-ring (bicyclic) bond motifs is 3. The minimum absolute atomic E-state index is 0.220. The predicted octanol–water partition coefficient (Wildman–Crippen LogP) is 5.53. The van der Waals surface area contributed by atoms with Crippen LogP contribution in [0.2, 0.25) is 0 Å². The predicted molar refractivity (Wildman–Crippen MR) is 184 cm³/mol. The Balaban J connectivity index is 1.70. The zero-order chi connectivity index (χ0) is 36.6. The van der Waals surface area contributed by atoms with Gasteiger partial charge in [0.05, 0.1) is 11.7 Å². The molecule has 3 aliphatic rings. The van der Waals surface area contributed by atoms with Crippen LogP contribution in [0.25, 0.3) is 6.08 Å². The molecular weight excluding hydrogens is 640 g/mol. The highest BCUT2D eigenvalue weighted by atomic mass is 16.6. The Labute approximate surface area is 292 Å². The molecule has 0 aromatic heterocycles. The van der Waals surface area contributed by atoms with E-state index in [0.717, 1.165) is 5.56 Å². The Morgan fingerprint density at radius 2 is 1.46 bits per heavy atom. The number of carbonyl (C=O) groups is 4. The van der Waals surface area contributed by atoms with Crippen molar-refractivity contribution < 1.29 is 48.3 Å². The average Bonchev–Trinajstić information content (AvgIpc) is 3.06. The van der Waals surface area contributed by atoms with Crippen LogP contribution in [0.5, 0.6) is 0 Å². The third-order valence-electron chi connectivity index (χ3n) is 10.9. The van der Waals surface area contributed by atoms with Crippen LogP contribution in [0.4, 0.5) is 0 Å². The van der Waals surface area contributed by atoms with Gasteiger partial charge in [0.25, 0.3) is 0 Å². The topological polar surface area (TPSA) is 146 Å². The van der Waals surface area contributed by atoms with Crippen LogP contribution in [-0.2, 0) is 33.3 Å². The van der Waals surface area contributed by atoms with Crippen LogP contribution in [0.15, 0.2) is 90.0 Å². The summed E-state index contributed by atoms with van der Waals surface area (Å²) in [5.41, 5.74) is -2.36. The fraction of sp³-hybridized carbons (Fsp3) is 0.450. The summed E-state index contributed by atoms with van der Waals surface area (Å²) in [4.78, 5) is 52.7. The molecule has 50 heavy (non-hydrogen) atoms. The molecule has 10 nitrogen and oxygen atoms in total. The van der Waals surface area contributed by atoms with Crippen LogP contribution in [0.1, 0.15) is 76.7 Å². The lowest BCUT2D eigenvalue weighted by atomic mass is 9.47. The largest absolute Gasteiger partial charge is 0.458 e. The summed E-state index contributed by atoms with van der Waals surface area (Å²) in [7, 11) is 0. The maximum Gasteiger partial charge on any atom is 0.338 e. The Morgan fingerprint density at radius 1 is 0.860 bits per heavy atom. The van der Waals surface area contributed by atoms with Crippen molar-refractivity contribution in [1.82, 2.24) is 0 Å². The van der Waals surface area contributed by atoms with Crippen molar-refractivity contribution in [1.29, 1.82) is 0 Å². The number of esters is 4. The highest BCUT2D eigenvalue weighted by Crippen LogP contribution is 2.62. The third-order valence-corrected chi connectivity index (χ3v) is 10.9. The van der Waals surface area contributed by atoms with Gasteiger partial charge in [-0.2, -0.15) is 0 Å². The molecule has 2 fully saturated rings. The van der Waals surface area contributed by atoms with Crippen molar-refractivity contribution in [2.45, 2.75) is 96.9 Å². The van der Waals surface area contributed by atoms with Gasteiger partial charge in [-0.1, -0.05) is 75.9 Å². The molecule has 8 atom stereocenters. The molecule has 2 aromatic carbocycles. The number of rotatable bonds is 7. The Kier molecular flexibility index (Phi) is 10.3. The summed E-state index contributed by atoms with van der Waals surface area (Å²) >= 11 is 0. The van der Waals surface area contributed by atoms with E-state index in [-0.39, 0.29) is 24.8 Å². The van der Waals surface area contributed by atoms with Crippen molar-refractivity contribution in [3.8, 4) is 0 Å². The smallest absolute Gasteiger partial charge is 0.338 e. The minimum atomic E-state index is -1.99. The van der Waals surface area contributed by atoms with Gasteiger partial charge in [0.2, 0.25) is 0 Å².